The quantitative estimate of drug-likeness (QED) is 0.302. The Labute approximate surface area is 237 Å². The lowest BCUT2D eigenvalue weighted by Gasteiger charge is -2.37. The van der Waals surface area contributed by atoms with Crippen molar-refractivity contribution >= 4 is 11.7 Å². The van der Waals surface area contributed by atoms with E-state index in [0.29, 0.717) is 30.2 Å². The third-order valence-electron chi connectivity index (χ3n) is 7.35. The van der Waals surface area contributed by atoms with Crippen LogP contribution in [0.2, 0.25) is 0 Å². The molecule has 4 rings (SSSR count). The van der Waals surface area contributed by atoms with Gasteiger partial charge in [-0.25, -0.2) is 9.18 Å². The standard InChI is InChI=1S/C33H41FN2O4/c1-21-15-18-36(19-16-21)30-28(22(2)35-23(3)29(30)31(32(37)38)40-33(4,5)6)25-9-13-27(14-10-25)39-20-17-24-7-11-26(34)12-8-24/h7-14,21,31H,15-20H2,1-6H3,(H,37,38). The first-order valence-corrected chi connectivity index (χ1v) is 14.1. The van der Waals surface area contributed by atoms with Crippen LogP contribution in [-0.2, 0) is 16.0 Å². The lowest BCUT2D eigenvalue weighted by molar-refractivity contribution is -0.160. The number of nitrogens with zero attached hydrogens (tertiary/aromatic N) is 2. The van der Waals surface area contributed by atoms with Crippen molar-refractivity contribution in [2.24, 2.45) is 5.92 Å². The van der Waals surface area contributed by atoms with Crippen LogP contribution >= 0.6 is 0 Å². The first-order valence-electron chi connectivity index (χ1n) is 14.1. The first kappa shape index (κ1) is 29.5. The van der Waals surface area contributed by atoms with Crippen molar-refractivity contribution in [3.05, 3.63) is 76.9 Å². The van der Waals surface area contributed by atoms with E-state index < -0.39 is 17.7 Å². The molecule has 0 bridgehead atoms. The molecule has 2 heterocycles. The number of hydrogen-bond acceptors (Lipinski definition) is 5. The predicted molar refractivity (Wildman–Crippen MR) is 157 cm³/mol. The first-order chi connectivity index (χ1) is 18.9. The molecular formula is C33H41FN2O4. The molecule has 214 valence electrons. The van der Waals surface area contributed by atoms with Crippen LogP contribution in [-0.4, -0.2) is 41.4 Å². The molecule has 0 radical (unpaired) electrons. The number of aliphatic carboxylic acids is 1. The second-order valence-electron chi connectivity index (χ2n) is 11.8. The molecule has 1 fully saturated rings. The third kappa shape index (κ3) is 7.19. The number of ether oxygens (including phenoxy) is 2. The minimum absolute atomic E-state index is 0.248. The van der Waals surface area contributed by atoms with Gasteiger partial charge in [0.05, 0.1) is 17.9 Å². The van der Waals surface area contributed by atoms with Crippen molar-refractivity contribution in [1.82, 2.24) is 4.98 Å². The minimum Gasteiger partial charge on any atom is -0.493 e. The zero-order valence-electron chi connectivity index (χ0n) is 24.5. The molecule has 0 aliphatic carbocycles. The van der Waals surface area contributed by atoms with Gasteiger partial charge in [-0.15, -0.1) is 0 Å². The SMILES string of the molecule is Cc1nc(C)c(C(OC(C)(C)C)C(=O)O)c(N2CCC(C)CC2)c1-c1ccc(OCCc2ccc(F)cc2)cc1. The van der Waals surface area contributed by atoms with Gasteiger partial charge in [0.2, 0.25) is 0 Å². The Bertz CT molecular complexity index is 1310. The van der Waals surface area contributed by atoms with Crippen LogP contribution in [0.25, 0.3) is 11.1 Å². The summed E-state index contributed by atoms with van der Waals surface area (Å²) in [6, 6.07) is 14.3. The monoisotopic (exact) mass is 548 g/mol. The van der Waals surface area contributed by atoms with Crippen LogP contribution in [0.3, 0.4) is 0 Å². The van der Waals surface area contributed by atoms with Crippen molar-refractivity contribution in [1.29, 1.82) is 0 Å². The predicted octanol–water partition coefficient (Wildman–Crippen LogP) is 7.30. The van der Waals surface area contributed by atoms with Gasteiger partial charge >= 0.3 is 5.97 Å². The summed E-state index contributed by atoms with van der Waals surface area (Å²) in [6.45, 7) is 13.9. The number of hydrogen-bond donors (Lipinski definition) is 1. The normalized spacial score (nSPS) is 15.2. The number of benzene rings is 2. The Kier molecular flexibility index (Phi) is 9.14. The van der Waals surface area contributed by atoms with E-state index in [1.165, 1.54) is 12.1 Å². The fourth-order valence-electron chi connectivity index (χ4n) is 5.31. The molecule has 0 saturated carbocycles. The summed E-state index contributed by atoms with van der Waals surface area (Å²) in [4.78, 5) is 19.8. The Morgan fingerprint density at radius 3 is 2.25 bits per heavy atom. The summed E-state index contributed by atoms with van der Waals surface area (Å²) in [5.41, 5.74) is 5.28. The smallest absolute Gasteiger partial charge is 0.337 e. The Morgan fingerprint density at radius 2 is 1.68 bits per heavy atom. The van der Waals surface area contributed by atoms with Gasteiger partial charge in [-0.2, -0.15) is 0 Å². The molecule has 0 spiro atoms. The van der Waals surface area contributed by atoms with E-state index in [0.717, 1.165) is 59.8 Å². The van der Waals surface area contributed by atoms with E-state index in [1.807, 2.05) is 58.9 Å². The largest absolute Gasteiger partial charge is 0.493 e. The minimum atomic E-state index is -1.14. The number of anilines is 1. The van der Waals surface area contributed by atoms with E-state index in [9.17, 15) is 14.3 Å². The Hall–Kier alpha value is -3.45. The molecule has 7 heteroatoms. The summed E-state index contributed by atoms with van der Waals surface area (Å²) in [6.07, 6.45) is 1.61. The third-order valence-corrected chi connectivity index (χ3v) is 7.35. The molecule has 3 aromatic rings. The molecule has 1 aromatic heterocycles. The van der Waals surface area contributed by atoms with Crippen molar-refractivity contribution < 1.29 is 23.8 Å². The van der Waals surface area contributed by atoms with E-state index in [-0.39, 0.29) is 5.82 Å². The second kappa shape index (κ2) is 12.4. The van der Waals surface area contributed by atoms with E-state index >= 15 is 0 Å². The average Bonchev–Trinajstić information content (AvgIpc) is 2.89. The summed E-state index contributed by atoms with van der Waals surface area (Å²) in [5.74, 6) is 0.0878. The summed E-state index contributed by atoms with van der Waals surface area (Å²) >= 11 is 0. The maximum atomic E-state index is 13.2. The zero-order chi connectivity index (χ0) is 29.0. The maximum absolute atomic E-state index is 13.2. The van der Waals surface area contributed by atoms with Crippen LogP contribution in [0.15, 0.2) is 48.5 Å². The van der Waals surface area contributed by atoms with Crippen molar-refractivity contribution in [2.45, 2.75) is 72.5 Å². The molecule has 6 nitrogen and oxygen atoms in total. The topological polar surface area (TPSA) is 71.9 Å². The van der Waals surface area contributed by atoms with E-state index in [4.69, 9.17) is 14.5 Å². The average molecular weight is 549 g/mol. The zero-order valence-corrected chi connectivity index (χ0v) is 24.5. The van der Waals surface area contributed by atoms with Gasteiger partial charge in [-0.1, -0.05) is 31.2 Å². The fourth-order valence-corrected chi connectivity index (χ4v) is 5.31. The molecule has 40 heavy (non-hydrogen) atoms. The molecule has 2 aromatic carbocycles. The number of piperidine rings is 1. The van der Waals surface area contributed by atoms with Gasteiger partial charge in [0, 0.05) is 42.0 Å². The van der Waals surface area contributed by atoms with E-state index in [2.05, 4.69) is 11.8 Å². The van der Waals surface area contributed by atoms with Gasteiger partial charge in [0.15, 0.2) is 6.10 Å². The van der Waals surface area contributed by atoms with Gasteiger partial charge in [-0.3, -0.25) is 4.98 Å². The maximum Gasteiger partial charge on any atom is 0.337 e. The molecular weight excluding hydrogens is 507 g/mol. The number of rotatable bonds is 9. The highest BCUT2D eigenvalue weighted by Crippen LogP contribution is 2.43. The van der Waals surface area contributed by atoms with Gasteiger partial charge in [0.25, 0.3) is 0 Å². The number of aryl methyl sites for hydroxylation is 2. The molecule has 0 amide bonds. The molecule has 1 unspecified atom stereocenters. The van der Waals surface area contributed by atoms with Crippen molar-refractivity contribution in [2.75, 3.05) is 24.6 Å². The number of carbonyl (C=O) groups is 1. The second-order valence-corrected chi connectivity index (χ2v) is 11.8. The highest BCUT2D eigenvalue weighted by atomic mass is 19.1. The molecule has 1 N–H and O–H groups in total. The number of halogens is 1. The lowest BCUT2D eigenvalue weighted by Crippen LogP contribution is -2.36. The van der Waals surface area contributed by atoms with E-state index in [1.54, 1.807) is 12.1 Å². The highest BCUT2D eigenvalue weighted by molar-refractivity contribution is 5.88. The van der Waals surface area contributed by atoms with Crippen LogP contribution < -0.4 is 9.64 Å². The molecule has 1 atom stereocenters. The summed E-state index contributed by atoms with van der Waals surface area (Å²) < 4.78 is 25.3. The van der Waals surface area contributed by atoms with Crippen molar-refractivity contribution in [3.63, 3.8) is 0 Å². The number of carboxylic acid groups (broad SMARTS) is 1. The number of carboxylic acids is 1. The van der Waals surface area contributed by atoms with Crippen LogP contribution in [0, 0.1) is 25.6 Å². The Morgan fingerprint density at radius 1 is 1.05 bits per heavy atom. The van der Waals surface area contributed by atoms with Crippen LogP contribution in [0.5, 0.6) is 5.75 Å². The molecule has 1 aliphatic rings. The van der Waals surface area contributed by atoms with Crippen LogP contribution in [0.1, 0.15) is 69.2 Å². The number of pyridine rings is 1. The van der Waals surface area contributed by atoms with Gasteiger partial charge < -0.3 is 19.5 Å². The van der Waals surface area contributed by atoms with Gasteiger partial charge in [0.1, 0.15) is 11.6 Å². The number of aromatic nitrogens is 1. The fraction of sp³-hybridized carbons (Fsp3) is 0.455. The summed E-state index contributed by atoms with van der Waals surface area (Å²) in [7, 11) is 0. The molecule has 1 aliphatic heterocycles. The lowest BCUT2D eigenvalue weighted by atomic mass is 9.91. The van der Waals surface area contributed by atoms with Crippen LogP contribution in [0.4, 0.5) is 10.1 Å². The summed E-state index contributed by atoms with van der Waals surface area (Å²) in [5, 5.41) is 10.3. The van der Waals surface area contributed by atoms with Crippen molar-refractivity contribution in [3.8, 4) is 16.9 Å². The van der Waals surface area contributed by atoms with Gasteiger partial charge in [-0.05, 0) is 88.8 Å². The highest BCUT2D eigenvalue weighted by Gasteiger charge is 2.35. The Balaban J connectivity index is 1.70. The molecule has 1 saturated heterocycles.